The third kappa shape index (κ3) is 6.70. The van der Waals surface area contributed by atoms with E-state index in [4.69, 9.17) is 0 Å². The lowest BCUT2D eigenvalue weighted by Crippen LogP contribution is -2.32. The van der Waals surface area contributed by atoms with Gasteiger partial charge in [-0.2, -0.15) is 0 Å². The van der Waals surface area contributed by atoms with E-state index in [2.05, 4.69) is 244 Å². The van der Waals surface area contributed by atoms with Crippen LogP contribution in [0.2, 0.25) is 0 Å². The van der Waals surface area contributed by atoms with Crippen LogP contribution in [0, 0.1) is 0 Å². The molecule has 0 spiro atoms. The van der Waals surface area contributed by atoms with Crippen LogP contribution in [0.25, 0.3) is 44.9 Å². The van der Waals surface area contributed by atoms with Gasteiger partial charge in [-0.3, -0.25) is 0 Å². The number of hydrogen-bond donors (Lipinski definition) is 1. The first-order chi connectivity index (χ1) is 31.7. The number of nitrogens with zero attached hydrogens (tertiary/aromatic N) is 3. The summed E-state index contributed by atoms with van der Waals surface area (Å²) in [6.07, 6.45) is 11.3. The summed E-state index contributed by atoms with van der Waals surface area (Å²) >= 11 is 0. The number of benzene rings is 8. The predicted molar refractivity (Wildman–Crippen MR) is 269 cm³/mol. The van der Waals surface area contributed by atoms with Crippen molar-refractivity contribution in [2.24, 2.45) is 0 Å². The van der Waals surface area contributed by atoms with Crippen LogP contribution in [0.4, 0.5) is 34.1 Å². The molecule has 1 aliphatic heterocycles. The minimum atomic E-state index is 0.243. The van der Waals surface area contributed by atoms with Crippen LogP contribution in [0.3, 0.4) is 0 Å². The molecule has 1 N–H and O–H groups in total. The molecule has 9 aromatic rings. The summed E-state index contributed by atoms with van der Waals surface area (Å²) in [5.74, 6) is 0.243. The maximum absolute atomic E-state index is 3.95. The maximum atomic E-state index is 3.95. The van der Waals surface area contributed by atoms with Crippen molar-refractivity contribution >= 4 is 51.1 Å². The quantitative estimate of drug-likeness (QED) is 0.165. The van der Waals surface area contributed by atoms with Crippen molar-refractivity contribution in [1.82, 2.24) is 4.57 Å². The molecular formula is C60H48N4. The lowest BCUT2D eigenvalue weighted by Gasteiger charge is -2.36. The first kappa shape index (κ1) is 37.9. The van der Waals surface area contributed by atoms with Gasteiger partial charge in [0.1, 0.15) is 0 Å². The van der Waals surface area contributed by atoms with Gasteiger partial charge in [-0.1, -0.05) is 133 Å². The summed E-state index contributed by atoms with van der Waals surface area (Å²) in [5, 5.41) is 5.31. The number of allylic oxidation sites excluding steroid dienone is 2. The third-order valence-electron chi connectivity index (χ3n) is 13.5. The topological polar surface area (TPSA) is 23.4 Å². The molecule has 2 unspecified atom stereocenters. The number of aryl methyl sites for hydroxylation is 1. The highest BCUT2D eigenvalue weighted by atomic mass is 15.2. The van der Waals surface area contributed by atoms with Crippen molar-refractivity contribution in [3.63, 3.8) is 0 Å². The maximum Gasteiger partial charge on any atom is 0.0537 e. The normalized spacial score (nSPS) is 16.0. The molecule has 2 atom stereocenters. The van der Waals surface area contributed by atoms with Crippen LogP contribution in [0.5, 0.6) is 0 Å². The molecule has 0 amide bonds. The summed E-state index contributed by atoms with van der Waals surface area (Å²) in [6.45, 7) is 0. The number of fused-ring (bicyclic) bond motifs is 8. The van der Waals surface area contributed by atoms with E-state index in [0.717, 1.165) is 48.4 Å². The van der Waals surface area contributed by atoms with Crippen LogP contribution >= 0.6 is 0 Å². The van der Waals surface area contributed by atoms with Gasteiger partial charge in [0, 0.05) is 74.1 Å². The molecule has 2 aliphatic carbocycles. The molecule has 0 fully saturated rings. The largest absolute Gasteiger partial charge is 0.381 e. The molecule has 2 heterocycles. The molecular weight excluding hydrogens is 777 g/mol. The molecule has 8 aromatic carbocycles. The van der Waals surface area contributed by atoms with Crippen LogP contribution < -0.4 is 15.1 Å². The van der Waals surface area contributed by atoms with Gasteiger partial charge in [0.15, 0.2) is 0 Å². The second-order valence-corrected chi connectivity index (χ2v) is 17.2. The fourth-order valence-corrected chi connectivity index (χ4v) is 10.5. The molecule has 0 saturated carbocycles. The van der Waals surface area contributed by atoms with Crippen molar-refractivity contribution in [2.75, 3.05) is 15.1 Å². The standard InChI is InChI=1S/C60H48N4/c1-3-15-44(16-4-1)62(48-35-37-49(38-36-48)64-59-25-13-10-22-54(59)55-23-11-14-26-60(55)64)46-31-27-42(28-32-46)43-29-33-47(34-30-43)63(45-17-5-2-6-18-45)50-39-40-58-56(41-50)52-20-8-7-19-51(52)53-21-9-12-24-57(53)61-58/h1-10,12-22,24-38,41,56,58,61H,11,23,39-40H2. The number of aromatic nitrogens is 1. The highest BCUT2D eigenvalue weighted by molar-refractivity contribution is 5.91. The van der Waals surface area contributed by atoms with Gasteiger partial charge in [-0.25, -0.2) is 0 Å². The van der Waals surface area contributed by atoms with E-state index in [0.29, 0.717) is 6.04 Å². The average molecular weight is 825 g/mol. The fourth-order valence-electron chi connectivity index (χ4n) is 10.5. The summed E-state index contributed by atoms with van der Waals surface area (Å²) in [4.78, 5) is 4.82. The second kappa shape index (κ2) is 16.1. The van der Waals surface area contributed by atoms with Gasteiger partial charge in [-0.15, -0.1) is 0 Å². The van der Waals surface area contributed by atoms with E-state index < -0.39 is 0 Å². The zero-order valence-corrected chi connectivity index (χ0v) is 35.7. The van der Waals surface area contributed by atoms with Gasteiger partial charge in [0.05, 0.1) is 5.52 Å². The summed E-state index contributed by atoms with van der Waals surface area (Å²) in [6, 6.07) is 75.6. The molecule has 0 saturated heterocycles. The Morgan fingerprint density at radius 2 is 1.05 bits per heavy atom. The fraction of sp³-hybridized carbons (Fsp3) is 0.100. The van der Waals surface area contributed by atoms with Crippen molar-refractivity contribution in [2.45, 2.75) is 37.6 Å². The highest BCUT2D eigenvalue weighted by Crippen LogP contribution is 2.46. The van der Waals surface area contributed by atoms with Gasteiger partial charge in [0.2, 0.25) is 0 Å². The molecule has 0 bridgehead atoms. The Labute approximate surface area is 375 Å². The monoisotopic (exact) mass is 824 g/mol. The van der Waals surface area contributed by atoms with Gasteiger partial charge >= 0.3 is 0 Å². The molecule has 3 aliphatic rings. The number of hydrogen-bond acceptors (Lipinski definition) is 3. The van der Waals surface area contributed by atoms with E-state index in [-0.39, 0.29) is 5.92 Å². The SMILES string of the molecule is C1=Cc2c(c3ccccc3n2-c2ccc(N(c3ccccc3)c3ccc(-c4ccc(N(C5=CC6c7ccccc7-c7ccccc7NC6CC5)c5ccccc5)cc4)cc3)cc2)CC1. The first-order valence-electron chi connectivity index (χ1n) is 22.7. The zero-order valence-electron chi connectivity index (χ0n) is 35.7. The Balaban J connectivity index is 0.852. The minimum Gasteiger partial charge on any atom is -0.381 e. The van der Waals surface area contributed by atoms with Crippen LogP contribution in [0.1, 0.15) is 42.0 Å². The lowest BCUT2D eigenvalue weighted by molar-refractivity contribution is 0.563. The zero-order chi connectivity index (χ0) is 42.4. The molecule has 0 radical (unpaired) electrons. The Morgan fingerprint density at radius 1 is 0.484 bits per heavy atom. The average Bonchev–Trinajstić information content (AvgIpc) is 3.63. The Bertz CT molecular complexity index is 3180. The number of para-hydroxylation sites is 4. The molecule has 64 heavy (non-hydrogen) atoms. The van der Waals surface area contributed by atoms with E-state index in [1.807, 2.05) is 0 Å². The molecule has 1 aromatic heterocycles. The lowest BCUT2D eigenvalue weighted by atomic mass is 9.81. The number of nitrogens with one attached hydrogen (secondary N) is 1. The summed E-state index contributed by atoms with van der Waals surface area (Å²) in [5.41, 5.74) is 19.8. The van der Waals surface area contributed by atoms with Gasteiger partial charge < -0.3 is 19.7 Å². The number of anilines is 6. The molecule has 12 rings (SSSR count). The van der Waals surface area contributed by atoms with Crippen molar-refractivity contribution < 1.29 is 0 Å². The van der Waals surface area contributed by atoms with Crippen LogP contribution in [-0.2, 0) is 6.42 Å². The highest BCUT2D eigenvalue weighted by Gasteiger charge is 2.33. The van der Waals surface area contributed by atoms with Crippen LogP contribution in [-0.4, -0.2) is 10.6 Å². The minimum absolute atomic E-state index is 0.243. The summed E-state index contributed by atoms with van der Waals surface area (Å²) < 4.78 is 2.42. The Hall–Kier alpha value is -7.82. The van der Waals surface area contributed by atoms with Crippen LogP contribution in [0.15, 0.2) is 224 Å². The smallest absolute Gasteiger partial charge is 0.0537 e. The summed E-state index contributed by atoms with van der Waals surface area (Å²) in [7, 11) is 0. The number of rotatable bonds is 8. The molecule has 4 nitrogen and oxygen atoms in total. The van der Waals surface area contributed by atoms with E-state index in [1.54, 1.807) is 0 Å². The van der Waals surface area contributed by atoms with Crippen molar-refractivity contribution in [3.05, 3.63) is 241 Å². The van der Waals surface area contributed by atoms with Gasteiger partial charge in [0.25, 0.3) is 0 Å². The van der Waals surface area contributed by atoms with E-state index >= 15 is 0 Å². The van der Waals surface area contributed by atoms with Crippen molar-refractivity contribution in [1.29, 1.82) is 0 Å². The Kier molecular flexibility index (Phi) is 9.56. The van der Waals surface area contributed by atoms with Gasteiger partial charge in [-0.05, 0) is 145 Å². The van der Waals surface area contributed by atoms with E-state index in [1.165, 1.54) is 72.7 Å². The third-order valence-corrected chi connectivity index (χ3v) is 13.5. The first-order valence-corrected chi connectivity index (χ1v) is 22.7. The Morgan fingerprint density at radius 3 is 1.77 bits per heavy atom. The second-order valence-electron chi connectivity index (χ2n) is 17.2. The van der Waals surface area contributed by atoms with E-state index in [9.17, 15) is 0 Å². The molecule has 308 valence electrons. The molecule has 4 heteroatoms. The predicted octanol–water partition coefficient (Wildman–Crippen LogP) is 15.8. The van der Waals surface area contributed by atoms with Crippen molar-refractivity contribution in [3.8, 4) is 27.9 Å².